The highest BCUT2D eigenvalue weighted by atomic mass is 14.8. The third-order valence-corrected chi connectivity index (χ3v) is 6.52. The maximum atomic E-state index is 5.81. The Bertz CT molecular complexity index is 537. The van der Waals surface area contributed by atoms with Crippen LogP contribution in [0.1, 0.15) is 134 Å². The SMILES string of the molecule is CCCCCCCC/C=C\CCCCCCCCCCCCNCc1ccccc1CN. The van der Waals surface area contributed by atoms with Gasteiger partial charge < -0.3 is 11.1 Å². The normalized spacial score (nSPS) is 11.6. The number of hydrogen-bond acceptors (Lipinski definition) is 2. The summed E-state index contributed by atoms with van der Waals surface area (Å²) in [5, 5.41) is 3.57. The maximum Gasteiger partial charge on any atom is 0.0208 e. The Hall–Kier alpha value is -1.12. The first-order chi connectivity index (χ1) is 15.9. The number of hydrogen-bond donors (Lipinski definition) is 2. The van der Waals surface area contributed by atoms with Crippen LogP contribution in [0.25, 0.3) is 0 Å². The van der Waals surface area contributed by atoms with Crippen LogP contribution in [-0.2, 0) is 13.1 Å². The van der Waals surface area contributed by atoms with Gasteiger partial charge >= 0.3 is 0 Å². The van der Waals surface area contributed by atoms with Crippen LogP contribution in [0.4, 0.5) is 0 Å². The predicted octanol–water partition coefficient (Wildman–Crippen LogP) is 8.83. The van der Waals surface area contributed by atoms with Gasteiger partial charge in [-0.05, 0) is 49.8 Å². The minimum absolute atomic E-state index is 0.633. The maximum absolute atomic E-state index is 5.81. The summed E-state index contributed by atoms with van der Waals surface area (Å²) in [5.41, 5.74) is 8.42. The Morgan fingerprint density at radius 1 is 0.625 bits per heavy atom. The van der Waals surface area contributed by atoms with E-state index in [-0.39, 0.29) is 0 Å². The Kier molecular flexibility index (Phi) is 20.8. The van der Waals surface area contributed by atoms with Crippen LogP contribution in [0.15, 0.2) is 36.4 Å². The van der Waals surface area contributed by atoms with E-state index in [1.807, 2.05) is 0 Å². The van der Waals surface area contributed by atoms with Crippen LogP contribution in [0.5, 0.6) is 0 Å². The van der Waals surface area contributed by atoms with Crippen molar-refractivity contribution in [2.45, 2.75) is 136 Å². The molecule has 2 nitrogen and oxygen atoms in total. The van der Waals surface area contributed by atoms with Gasteiger partial charge in [0.05, 0.1) is 0 Å². The van der Waals surface area contributed by atoms with Gasteiger partial charge in [0.2, 0.25) is 0 Å². The molecule has 0 unspecified atom stereocenters. The molecule has 1 aromatic rings. The van der Waals surface area contributed by atoms with Gasteiger partial charge in [-0.25, -0.2) is 0 Å². The first-order valence-corrected chi connectivity index (χ1v) is 14.0. The van der Waals surface area contributed by atoms with Gasteiger partial charge in [-0.3, -0.25) is 0 Å². The van der Waals surface area contributed by atoms with Crippen molar-refractivity contribution in [3.8, 4) is 0 Å². The van der Waals surface area contributed by atoms with E-state index in [1.54, 1.807) is 0 Å². The quantitative estimate of drug-likeness (QED) is 0.131. The molecule has 184 valence electrons. The fraction of sp³-hybridized carbons (Fsp3) is 0.733. The highest BCUT2D eigenvalue weighted by Crippen LogP contribution is 2.12. The minimum atomic E-state index is 0.633. The lowest BCUT2D eigenvalue weighted by Crippen LogP contribution is -2.16. The molecule has 3 N–H and O–H groups in total. The third kappa shape index (κ3) is 17.4. The third-order valence-electron chi connectivity index (χ3n) is 6.52. The van der Waals surface area contributed by atoms with Crippen LogP contribution in [-0.4, -0.2) is 6.54 Å². The topological polar surface area (TPSA) is 38.0 Å². The molecule has 0 aliphatic heterocycles. The zero-order valence-corrected chi connectivity index (χ0v) is 21.4. The molecule has 2 heteroatoms. The first-order valence-electron chi connectivity index (χ1n) is 14.0. The largest absolute Gasteiger partial charge is 0.326 e. The standard InChI is InChI=1S/C30H54N2/c1-2-3-4-5-6-7-8-9-10-11-12-13-14-15-16-17-18-19-20-23-26-32-28-30-25-22-21-24-29(30)27-31/h9-10,21-22,24-25,32H,2-8,11-20,23,26-28,31H2,1H3/b10-9-. The molecule has 0 aliphatic carbocycles. The van der Waals surface area contributed by atoms with Gasteiger partial charge in [0, 0.05) is 13.1 Å². The Morgan fingerprint density at radius 3 is 1.62 bits per heavy atom. The lowest BCUT2D eigenvalue weighted by Gasteiger charge is -2.09. The zero-order valence-electron chi connectivity index (χ0n) is 21.4. The molecule has 1 aromatic carbocycles. The van der Waals surface area contributed by atoms with Crippen molar-refractivity contribution >= 4 is 0 Å². The molecule has 0 bridgehead atoms. The summed E-state index contributed by atoms with van der Waals surface area (Å²) in [4.78, 5) is 0. The van der Waals surface area contributed by atoms with Gasteiger partial charge in [-0.1, -0.05) is 127 Å². The smallest absolute Gasteiger partial charge is 0.0208 e. The van der Waals surface area contributed by atoms with Crippen LogP contribution in [0.2, 0.25) is 0 Å². The molecule has 0 aromatic heterocycles. The van der Waals surface area contributed by atoms with Gasteiger partial charge in [-0.2, -0.15) is 0 Å². The van der Waals surface area contributed by atoms with Gasteiger partial charge in [0.1, 0.15) is 0 Å². The lowest BCUT2D eigenvalue weighted by atomic mass is 10.1. The molecule has 0 heterocycles. The molecular formula is C30H54N2. The Morgan fingerprint density at radius 2 is 1.09 bits per heavy atom. The van der Waals surface area contributed by atoms with Crippen molar-refractivity contribution in [3.05, 3.63) is 47.5 Å². The molecular weight excluding hydrogens is 388 g/mol. The zero-order chi connectivity index (χ0) is 23.0. The van der Waals surface area contributed by atoms with Gasteiger partial charge in [0.15, 0.2) is 0 Å². The average molecular weight is 443 g/mol. The molecule has 0 amide bonds. The molecule has 0 saturated heterocycles. The predicted molar refractivity (Wildman–Crippen MR) is 144 cm³/mol. The fourth-order valence-electron chi connectivity index (χ4n) is 4.36. The van der Waals surface area contributed by atoms with Crippen molar-refractivity contribution in [1.29, 1.82) is 0 Å². The molecule has 0 saturated carbocycles. The van der Waals surface area contributed by atoms with Crippen molar-refractivity contribution in [3.63, 3.8) is 0 Å². The van der Waals surface area contributed by atoms with E-state index in [1.165, 1.54) is 127 Å². The summed E-state index contributed by atoms with van der Waals surface area (Å²) >= 11 is 0. The van der Waals surface area contributed by atoms with E-state index in [0.29, 0.717) is 6.54 Å². The molecule has 0 spiro atoms. The van der Waals surface area contributed by atoms with Crippen LogP contribution in [0, 0.1) is 0 Å². The monoisotopic (exact) mass is 442 g/mol. The van der Waals surface area contributed by atoms with Crippen LogP contribution in [0.3, 0.4) is 0 Å². The van der Waals surface area contributed by atoms with Crippen molar-refractivity contribution in [2.75, 3.05) is 6.54 Å². The summed E-state index contributed by atoms with van der Waals surface area (Å²) < 4.78 is 0. The first kappa shape index (κ1) is 28.9. The van der Waals surface area contributed by atoms with Gasteiger partial charge in [-0.15, -0.1) is 0 Å². The number of benzene rings is 1. The van der Waals surface area contributed by atoms with Crippen LogP contribution < -0.4 is 11.1 Å². The van der Waals surface area contributed by atoms with E-state index in [9.17, 15) is 0 Å². The number of nitrogens with one attached hydrogen (secondary N) is 1. The molecule has 1 rings (SSSR count). The van der Waals surface area contributed by atoms with Crippen molar-refractivity contribution in [2.24, 2.45) is 5.73 Å². The van der Waals surface area contributed by atoms with E-state index < -0.39 is 0 Å². The van der Waals surface area contributed by atoms with Crippen molar-refractivity contribution < 1.29 is 0 Å². The number of unbranched alkanes of at least 4 members (excludes halogenated alkanes) is 16. The van der Waals surface area contributed by atoms with E-state index >= 15 is 0 Å². The van der Waals surface area contributed by atoms with E-state index in [2.05, 4.69) is 48.7 Å². The second-order valence-corrected chi connectivity index (χ2v) is 9.50. The second-order valence-electron chi connectivity index (χ2n) is 9.50. The Balaban J connectivity index is 1.75. The number of nitrogens with two attached hydrogens (primary N) is 1. The molecule has 0 atom stereocenters. The highest BCUT2D eigenvalue weighted by molar-refractivity contribution is 5.26. The van der Waals surface area contributed by atoms with E-state index in [4.69, 9.17) is 5.73 Å². The van der Waals surface area contributed by atoms with E-state index in [0.717, 1.165) is 13.1 Å². The second kappa shape index (κ2) is 23.1. The molecule has 0 aliphatic rings. The summed E-state index contributed by atoms with van der Waals surface area (Å²) in [6, 6.07) is 8.49. The average Bonchev–Trinajstić information content (AvgIpc) is 2.82. The number of rotatable bonds is 23. The summed E-state index contributed by atoms with van der Waals surface area (Å²) in [6.45, 7) is 4.99. The molecule has 0 fully saturated rings. The highest BCUT2D eigenvalue weighted by Gasteiger charge is 1.99. The van der Waals surface area contributed by atoms with Gasteiger partial charge in [0.25, 0.3) is 0 Å². The lowest BCUT2D eigenvalue weighted by molar-refractivity contribution is 0.540. The summed E-state index contributed by atoms with van der Waals surface area (Å²) in [7, 11) is 0. The van der Waals surface area contributed by atoms with Crippen LogP contribution >= 0.6 is 0 Å². The molecule has 0 radical (unpaired) electrons. The minimum Gasteiger partial charge on any atom is -0.326 e. The van der Waals surface area contributed by atoms with Crippen molar-refractivity contribution in [1.82, 2.24) is 5.32 Å². The summed E-state index contributed by atoms with van der Waals surface area (Å²) in [6.07, 6.45) is 29.9. The summed E-state index contributed by atoms with van der Waals surface area (Å²) in [5.74, 6) is 0. The Labute approximate surface area is 200 Å². The molecule has 32 heavy (non-hydrogen) atoms. The fourth-order valence-corrected chi connectivity index (χ4v) is 4.36. The number of allylic oxidation sites excluding steroid dienone is 2.